The van der Waals surface area contributed by atoms with Gasteiger partial charge in [0.05, 0.1) is 12.1 Å². The average molecular weight is 310 g/mol. The SMILES string of the molecule is COc1cccc(NC(C(=O)O)c2ccc(Cl)c(F)c2)c1. The minimum absolute atomic E-state index is 0.0516. The molecule has 110 valence electrons. The number of rotatable bonds is 5. The number of halogens is 2. The molecule has 0 aliphatic heterocycles. The van der Waals surface area contributed by atoms with Crippen molar-refractivity contribution in [1.82, 2.24) is 0 Å². The molecule has 0 saturated carbocycles. The Balaban J connectivity index is 2.30. The molecular formula is C15H13ClFNO3. The summed E-state index contributed by atoms with van der Waals surface area (Å²) in [6.07, 6.45) is 0. The first kappa shape index (κ1) is 15.1. The van der Waals surface area contributed by atoms with Gasteiger partial charge in [-0.2, -0.15) is 0 Å². The summed E-state index contributed by atoms with van der Waals surface area (Å²) in [4.78, 5) is 11.4. The van der Waals surface area contributed by atoms with Gasteiger partial charge in [-0.05, 0) is 29.8 Å². The van der Waals surface area contributed by atoms with E-state index in [1.165, 1.54) is 19.2 Å². The molecule has 0 heterocycles. The number of benzene rings is 2. The number of hydrogen-bond donors (Lipinski definition) is 2. The number of carbonyl (C=O) groups is 1. The second kappa shape index (κ2) is 6.45. The number of ether oxygens (including phenoxy) is 1. The summed E-state index contributed by atoms with van der Waals surface area (Å²) in [5.41, 5.74) is 0.823. The summed E-state index contributed by atoms with van der Waals surface area (Å²) >= 11 is 5.61. The first-order valence-electron chi connectivity index (χ1n) is 6.09. The first-order chi connectivity index (χ1) is 10.0. The predicted molar refractivity (Wildman–Crippen MR) is 78.4 cm³/mol. The van der Waals surface area contributed by atoms with Crippen LogP contribution in [0.5, 0.6) is 5.75 Å². The lowest BCUT2D eigenvalue weighted by Gasteiger charge is -2.17. The number of carboxylic acids is 1. The van der Waals surface area contributed by atoms with Crippen molar-refractivity contribution in [3.8, 4) is 5.75 Å². The Morgan fingerprint density at radius 3 is 2.71 bits per heavy atom. The Morgan fingerprint density at radius 2 is 2.10 bits per heavy atom. The number of hydrogen-bond acceptors (Lipinski definition) is 3. The van der Waals surface area contributed by atoms with E-state index in [9.17, 15) is 14.3 Å². The van der Waals surface area contributed by atoms with Crippen molar-refractivity contribution >= 4 is 23.3 Å². The summed E-state index contributed by atoms with van der Waals surface area (Å²) in [5, 5.41) is 12.1. The number of anilines is 1. The van der Waals surface area contributed by atoms with Gasteiger partial charge in [-0.25, -0.2) is 9.18 Å². The van der Waals surface area contributed by atoms with Crippen LogP contribution in [0.4, 0.5) is 10.1 Å². The average Bonchev–Trinajstić information content (AvgIpc) is 2.47. The lowest BCUT2D eigenvalue weighted by atomic mass is 10.1. The van der Waals surface area contributed by atoms with Crippen LogP contribution in [0.3, 0.4) is 0 Å². The molecular weight excluding hydrogens is 297 g/mol. The molecule has 2 aromatic rings. The van der Waals surface area contributed by atoms with Gasteiger partial charge in [0.1, 0.15) is 11.6 Å². The molecule has 6 heteroatoms. The van der Waals surface area contributed by atoms with E-state index in [2.05, 4.69) is 5.32 Å². The summed E-state index contributed by atoms with van der Waals surface area (Å²) < 4.78 is 18.6. The maximum atomic E-state index is 13.5. The summed E-state index contributed by atoms with van der Waals surface area (Å²) in [6, 6.07) is 9.63. The Labute approximate surface area is 126 Å². The third-order valence-electron chi connectivity index (χ3n) is 2.90. The van der Waals surface area contributed by atoms with E-state index < -0.39 is 17.8 Å². The standard InChI is InChI=1S/C15H13ClFNO3/c1-21-11-4-2-3-10(8-11)18-14(15(19)20)9-5-6-12(16)13(17)7-9/h2-8,14,18H,1H3,(H,19,20). The van der Waals surface area contributed by atoms with Gasteiger partial charge in [0.25, 0.3) is 0 Å². The Morgan fingerprint density at radius 1 is 1.33 bits per heavy atom. The lowest BCUT2D eigenvalue weighted by molar-refractivity contribution is -0.138. The Kier molecular flexibility index (Phi) is 4.65. The van der Waals surface area contributed by atoms with E-state index in [0.717, 1.165) is 6.07 Å². The lowest BCUT2D eigenvalue weighted by Crippen LogP contribution is -2.20. The van der Waals surface area contributed by atoms with Crippen LogP contribution in [-0.2, 0) is 4.79 Å². The van der Waals surface area contributed by atoms with E-state index in [-0.39, 0.29) is 10.6 Å². The second-order valence-corrected chi connectivity index (χ2v) is 4.73. The van der Waals surface area contributed by atoms with Gasteiger partial charge in [-0.1, -0.05) is 23.7 Å². The number of aliphatic carboxylic acids is 1. The molecule has 0 aliphatic rings. The molecule has 0 bridgehead atoms. The zero-order chi connectivity index (χ0) is 15.4. The molecule has 2 N–H and O–H groups in total. The van der Waals surface area contributed by atoms with Crippen LogP contribution in [0.1, 0.15) is 11.6 Å². The molecule has 21 heavy (non-hydrogen) atoms. The van der Waals surface area contributed by atoms with E-state index in [0.29, 0.717) is 11.4 Å². The normalized spacial score (nSPS) is 11.8. The fraction of sp³-hybridized carbons (Fsp3) is 0.133. The molecule has 1 unspecified atom stereocenters. The van der Waals surface area contributed by atoms with Crippen molar-refractivity contribution < 1.29 is 19.0 Å². The topological polar surface area (TPSA) is 58.6 Å². The molecule has 0 fully saturated rings. The van der Waals surface area contributed by atoms with Crippen LogP contribution in [0.15, 0.2) is 42.5 Å². The molecule has 0 radical (unpaired) electrons. The minimum atomic E-state index is -1.13. The smallest absolute Gasteiger partial charge is 0.330 e. The highest BCUT2D eigenvalue weighted by atomic mass is 35.5. The maximum Gasteiger partial charge on any atom is 0.330 e. The van der Waals surface area contributed by atoms with Crippen molar-refractivity contribution in [3.63, 3.8) is 0 Å². The Hall–Kier alpha value is -2.27. The fourth-order valence-electron chi connectivity index (χ4n) is 1.86. The van der Waals surface area contributed by atoms with E-state index in [1.54, 1.807) is 24.3 Å². The highest BCUT2D eigenvalue weighted by molar-refractivity contribution is 6.30. The zero-order valence-electron chi connectivity index (χ0n) is 11.1. The molecule has 0 aromatic heterocycles. The van der Waals surface area contributed by atoms with Crippen LogP contribution in [0.25, 0.3) is 0 Å². The quantitative estimate of drug-likeness (QED) is 0.883. The van der Waals surface area contributed by atoms with Crippen molar-refractivity contribution in [2.45, 2.75) is 6.04 Å². The monoisotopic (exact) mass is 309 g/mol. The van der Waals surface area contributed by atoms with Crippen LogP contribution < -0.4 is 10.1 Å². The molecule has 2 rings (SSSR count). The molecule has 0 spiro atoms. The maximum absolute atomic E-state index is 13.5. The van der Waals surface area contributed by atoms with E-state index in [4.69, 9.17) is 16.3 Å². The van der Waals surface area contributed by atoms with Gasteiger partial charge in [0, 0.05) is 11.8 Å². The van der Waals surface area contributed by atoms with Crippen molar-refractivity contribution in [2.24, 2.45) is 0 Å². The molecule has 1 atom stereocenters. The molecule has 4 nitrogen and oxygen atoms in total. The van der Waals surface area contributed by atoms with Crippen LogP contribution >= 0.6 is 11.6 Å². The highest BCUT2D eigenvalue weighted by Crippen LogP contribution is 2.25. The van der Waals surface area contributed by atoms with Crippen LogP contribution in [0, 0.1) is 5.82 Å². The first-order valence-corrected chi connectivity index (χ1v) is 6.47. The highest BCUT2D eigenvalue weighted by Gasteiger charge is 2.21. The molecule has 0 aliphatic carbocycles. The van der Waals surface area contributed by atoms with Gasteiger partial charge in [0.2, 0.25) is 0 Å². The number of nitrogens with one attached hydrogen (secondary N) is 1. The van der Waals surface area contributed by atoms with Crippen LogP contribution in [-0.4, -0.2) is 18.2 Å². The minimum Gasteiger partial charge on any atom is -0.497 e. The van der Waals surface area contributed by atoms with Gasteiger partial charge in [0.15, 0.2) is 6.04 Å². The fourth-order valence-corrected chi connectivity index (χ4v) is 1.98. The molecule has 0 amide bonds. The Bertz CT molecular complexity index is 663. The van der Waals surface area contributed by atoms with Crippen molar-refractivity contribution in [3.05, 3.63) is 58.9 Å². The van der Waals surface area contributed by atoms with Gasteiger partial charge in [-0.3, -0.25) is 0 Å². The van der Waals surface area contributed by atoms with Crippen molar-refractivity contribution in [2.75, 3.05) is 12.4 Å². The van der Waals surface area contributed by atoms with Gasteiger partial charge < -0.3 is 15.2 Å². The number of carboxylic acid groups (broad SMARTS) is 1. The van der Waals surface area contributed by atoms with E-state index >= 15 is 0 Å². The van der Waals surface area contributed by atoms with Gasteiger partial charge in [-0.15, -0.1) is 0 Å². The van der Waals surface area contributed by atoms with Crippen molar-refractivity contribution in [1.29, 1.82) is 0 Å². The third-order valence-corrected chi connectivity index (χ3v) is 3.21. The second-order valence-electron chi connectivity index (χ2n) is 4.32. The largest absolute Gasteiger partial charge is 0.497 e. The predicted octanol–water partition coefficient (Wildman–Crippen LogP) is 3.73. The summed E-state index contributed by atoms with van der Waals surface area (Å²) in [6.45, 7) is 0. The molecule has 0 saturated heterocycles. The molecule has 2 aromatic carbocycles. The summed E-state index contributed by atoms with van der Waals surface area (Å²) in [7, 11) is 1.52. The third kappa shape index (κ3) is 3.64. The zero-order valence-corrected chi connectivity index (χ0v) is 11.9. The summed E-state index contributed by atoms with van der Waals surface area (Å²) in [5.74, 6) is -1.20. The van der Waals surface area contributed by atoms with E-state index in [1.807, 2.05) is 0 Å². The number of methoxy groups -OCH3 is 1. The van der Waals surface area contributed by atoms with Gasteiger partial charge >= 0.3 is 5.97 Å². The van der Waals surface area contributed by atoms with Crippen LogP contribution in [0.2, 0.25) is 5.02 Å².